The van der Waals surface area contributed by atoms with Gasteiger partial charge in [-0.15, -0.1) is 0 Å². The second-order valence-corrected chi connectivity index (χ2v) is 2.47. The van der Waals surface area contributed by atoms with Gasteiger partial charge in [0.25, 0.3) is 0 Å². The molecule has 6 heavy (non-hydrogen) atoms. The van der Waals surface area contributed by atoms with Gasteiger partial charge in [-0.25, -0.2) is 0 Å². The molecule has 35 valence electrons. The molecule has 1 nitrogen and oxygen atoms in total. The SMILES string of the molecule is BrC1[CH]COC1. The minimum absolute atomic E-state index is 0.512. The van der Waals surface area contributed by atoms with E-state index < -0.39 is 0 Å². The Labute approximate surface area is 45.8 Å². The number of rotatable bonds is 0. The van der Waals surface area contributed by atoms with Crippen LogP contribution in [0.2, 0.25) is 0 Å². The van der Waals surface area contributed by atoms with Gasteiger partial charge >= 0.3 is 0 Å². The molecule has 0 saturated carbocycles. The van der Waals surface area contributed by atoms with Crippen molar-refractivity contribution in [3.63, 3.8) is 0 Å². The molecule has 0 spiro atoms. The monoisotopic (exact) mass is 149 g/mol. The van der Waals surface area contributed by atoms with Crippen LogP contribution in [0.1, 0.15) is 0 Å². The smallest absolute Gasteiger partial charge is 0.0595 e. The Kier molecular flexibility index (Phi) is 1.48. The van der Waals surface area contributed by atoms with Crippen molar-refractivity contribution in [3.05, 3.63) is 6.42 Å². The van der Waals surface area contributed by atoms with E-state index in [0.29, 0.717) is 4.83 Å². The van der Waals surface area contributed by atoms with Gasteiger partial charge in [0, 0.05) is 11.2 Å². The zero-order chi connectivity index (χ0) is 4.41. The van der Waals surface area contributed by atoms with E-state index >= 15 is 0 Å². The van der Waals surface area contributed by atoms with Crippen molar-refractivity contribution in [2.75, 3.05) is 13.2 Å². The average Bonchev–Trinajstić information content (AvgIpc) is 1.86. The molecule has 1 saturated heterocycles. The summed E-state index contributed by atoms with van der Waals surface area (Å²) in [6.07, 6.45) is 2.10. The first-order chi connectivity index (χ1) is 2.89. The van der Waals surface area contributed by atoms with Crippen LogP contribution in [-0.2, 0) is 4.74 Å². The predicted octanol–water partition coefficient (Wildman–Crippen LogP) is 0.984. The van der Waals surface area contributed by atoms with E-state index in [4.69, 9.17) is 4.74 Å². The van der Waals surface area contributed by atoms with Crippen LogP contribution in [0.15, 0.2) is 0 Å². The van der Waals surface area contributed by atoms with Crippen molar-refractivity contribution >= 4 is 15.9 Å². The summed E-state index contributed by atoms with van der Waals surface area (Å²) in [5.41, 5.74) is 0. The second kappa shape index (κ2) is 1.94. The Morgan fingerprint density at radius 1 is 1.83 bits per heavy atom. The topological polar surface area (TPSA) is 9.23 Å². The minimum Gasteiger partial charge on any atom is -0.380 e. The van der Waals surface area contributed by atoms with Gasteiger partial charge in [0.1, 0.15) is 0 Å². The van der Waals surface area contributed by atoms with Crippen molar-refractivity contribution < 1.29 is 4.74 Å². The van der Waals surface area contributed by atoms with E-state index in [1.807, 2.05) is 0 Å². The molecular weight excluding hydrogens is 144 g/mol. The molecular formula is C4H6BrO. The van der Waals surface area contributed by atoms with Crippen LogP contribution in [0.25, 0.3) is 0 Å². The lowest BCUT2D eigenvalue weighted by Gasteiger charge is -1.86. The molecule has 0 amide bonds. The molecule has 1 fully saturated rings. The summed E-state index contributed by atoms with van der Waals surface area (Å²) >= 11 is 3.36. The first kappa shape index (κ1) is 4.60. The normalized spacial score (nSPS) is 34.5. The lowest BCUT2D eigenvalue weighted by molar-refractivity contribution is 0.206. The second-order valence-electron chi connectivity index (χ2n) is 1.29. The maximum Gasteiger partial charge on any atom is 0.0595 e. The molecule has 2 heteroatoms. The molecule has 0 aromatic carbocycles. The third-order valence-corrected chi connectivity index (χ3v) is 1.39. The van der Waals surface area contributed by atoms with Gasteiger partial charge in [0.15, 0.2) is 0 Å². The van der Waals surface area contributed by atoms with E-state index in [9.17, 15) is 0 Å². The summed E-state index contributed by atoms with van der Waals surface area (Å²) in [5, 5.41) is 0. The van der Waals surface area contributed by atoms with Gasteiger partial charge in [-0.3, -0.25) is 0 Å². The first-order valence-electron chi connectivity index (χ1n) is 1.95. The largest absolute Gasteiger partial charge is 0.380 e. The molecule has 0 aromatic rings. The van der Waals surface area contributed by atoms with Crippen molar-refractivity contribution in [2.45, 2.75) is 4.83 Å². The van der Waals surface area contributed by atoms with Crippen LogP contribution < -0.4 is 0 Å². The van der Waals surface area contributed by atoms with E-state index in [1.54, 1.807) is 0 Å². The highest BCUT2D eigenvalue weighted by Crippen LogP contribution is 2.10. The summed E-state index contributed by atoms with van der Waals surface area (Å²) in [6, 6.07) is 0. The van der Waals surface area contributed by atoms with E-state index in [-0.39, 0.29) is 0 Å². The highest BCUT2D eigenvalue weighted by molar-refractivity contribution is 9.09. The first-order valence-corrected chi connectivity index (χ1v) is 2.86. The molecule has 1 aliphatic rings. The highest BCUT2D eigenvalue weighted by atomic mass is 79.9. The zero-order valence-electron chi connectivity index (χ0n) is 3.36. The molecule has 0 bridgehead atoms. The standard InChI is InChI=1S/C4H6BrO/c5-4-1-2-6-3-4/h1,4H,2-3H2. The van der Waals surface area contributed by atoms with E-state index in [0.717, 1.165) is 13.2 Å². The fourth-order valence-corrected chi connectivity index (χ4v) is 0.761. The zero-order valence-corrected chi connectivity index (χ0v) is 4.94. The van der Waals surface area contributed by atoms with Crippen LogP contribution >= 0.6 is 15.9 Å². The Bertz CT molecular complexity index is 40.8. The Morgan fingerprint density at radius 2 is 2.67 bits per heavy atom. The molecule has 0 aromatic heterocycles. The highest BCUT2D eigenvalue weighted by Gasteiger charge is 2.10. The molecule has 1 unspecified atom stereocenters. The lowest BCUT2D eigenvalue weighted by Crippen LogP contribution is -1.92. The Balaban J connectivity index is 2.18. The number of hydrogen-bond donors (Lipinski definition) is 0. The van der Waals surface area contributed by atoms with Crippen LogP contribution in [0.3, 0.4) is 0 Å². The Morgan fingerprint density at radius 3 is 2.83 bits per heavy atom. The van der Waals surface area contributed by atoms with Crippen molar-refractivity contribution in [1.29, 1.82) is 0 Å². The number of alkyl halides is 1. The molecule has 1 radical (unpaired) electrons. The molecule has 0 aliphatic carbocycles. The van der Waals surface area contributed by atoms with Crippen molar-refractivity contribution in [2.24, 2.45) is 0 Å². The predicted molar refractivity (Wildman–Crippen MR) is 27.8 cm³/mol. The minimum atomic E-state index is 0.512. The van der Waals surface area contributed by atoms with Gasteiger partial charge in [0.2, 0.25) is 0 Å². The van der Waals surface area contributed by atoms with Crippen LogP contribution in [0.4, 0.5) is 0 Å². The van der Waals surface area contributed by atoms with Gasteiger partial charge in [-0.1, -0.05) is 15.9 Å². The number of halogens is 1. The Hall–Kier alpha value is 0.440. The van der Waals surface area contributed by atoms with Crippen molar-refractivity contribution in [3.8, 4) is 0 Å². The fourth-order valence-electron chi connectivity index (χ4n) is 0.421. The molecule has 1 aliphatic heterocycles. The van der Waals surface area contributed by atoms with Crippen LogP contribution in [-0.4, -0.2) is 18.0 Å². The fraction of sp³-hybridized carbons (Fsp3) is 0.750. The molecule has 1 rings (SSSR count). The van der Waals surface area contributed by atoms with Crippen LogP contribution in [0.5, 0.6) is 0 Å². The molecule has 1 heterocycles. The van der Waals surface area contributed by atoms with Gasteiger partial charge in [0.05, 0.1) is 13.2 Å². The summed E-state index contributed by atoms with van der Waals surface area (Å²) < 4.78 is 4.95. The lowest BCUT2D eigenvalue weighted by atomic mass is 10.4. The molecule has 1 atom stereocenters. The van der Waals surface area contributed by atoms with Gasteiger partial charge in [-0.05, 0) is 0 Å². The van der Waals surface area contributed by atoms with Gasteiger partial charge < -0.3 is 4.74 Å². The van der Waals surface area contributed by atoms with Crippen molar-refractivity contribution in [1.82, 2.24) is 0 Å². The van der Waals surface area contributed by atoms with Gasteiger partial charge in [-0.2, -0.15) is 0 Å². The van der Waals surface area contributed by atoms with E-state index in [1.165, 1.54) is 0 Å². The summed E-state index contributed by atoms with van der Waals surface area (Å²) in [5.74, 6) is 0. The van der Waals surface area contributed by atoms with E-state index in [2.05, 4.69) is 22.4 Å². The maximum absolute atomic E-state index is 4.95. The summed E-state index contributed by atoms with van der Waals surface area (Å²) in [6.45, 7) is 1.66. The van der Waals surface area contributed by atoms with Crippen LogP contribution in [0, 0.1) is 6.42 Å². The quantitative estimate of drug-likeness (QED) is 0.467. The summed E-state index contributed by atoms with van der Waals surface area (Å²) in [7, 11) is 0. The number of hydrogen-bond acceptors (Lipinski definition) is 1. The third-order valence-electron chi connectivity index (χ3n) is 0.747. The third kappa shape index (κ3) is 0.949. The average molecular weight is 150 g/mol. The summed E-state index contributed by atoms with van der Waals surface area (Å²) in [4.78, 5) is 0.512. The molecule has 0 N–H and O–H groups in total. The maximum atomic E-state index is 4.95. The number of ether oxygens (including phenoxy) is 1.